The fourth-order valence-electron chi connectivity index (χ4n) is 2.25. The zero-order chi connectivity index (χ0) is 13.7. The van der Waals surface area contributed by atoms with Crippen molar-refractivity contribution >= 4 is 5.91 Å². The number of piperidine rings is 1. The summed E-state index contributed by atoms with van der Waals surface area (Å²) in [6.07, 6.45) is 1.67. The third-order valence-electron chi connectivity index (χ3n) is 3.52. The Kier molecular flexibility index (Phi) is 4.90. The van der Waals surface area contributed by atoms with Gasteiger partial charge in [0.25, 0.3) is 0 Å². The fraction of sp³-hybridized carbons (Fsp3) is 0.500. The largest absolute Gasteiger partial charge is 0.368 e. The Hall–Kier alpha value is -1.43. The molecule has 1 amide bonds. The van der Waals surface area contributed by atoms with Gasteiger partial charge in [0.2, 0.25) is 5.91 Å². The molecule has 0 saturated carbocycles. The van der Waals surface area contributed by atoms with Crippen LogP contribution in [0.1, 0.15) is 18.4 Å². The smallest absolute Gasteiger partial charge is 0.234 e. The normalized spacial score (nSPS) is 23.5. The maximum atomic E-state index is 11.1. The third kappa shape index (κ3) is 4.02. The minimum Gasteiger partial charge on any atom is -0.368 e. The van der Waals surface area contributed by atoms with Crippen molar-refractivity contribution in [1.29, 1.82) is 0 Å². The van der Waals surface area contributed by atoms with Crippen LogP contribution in [0.2, 0.25) is 0 Å². The van der Waals surface area contributed by atoms with E-state index in [9.17, 15) is 4.79 Å². The van der Waals surface area contributed by atoms with Crippen LogP contribution in [0.3, 0.4) is 0 Å². The highest BCUT2D eigenvalue weighted by Gasteiger charge is 2.26. The standard InChI is InChI=1S/C14H21N3O2/c1-17(19-10-11-5-3-2-4-6-11)12-7-8-13(14(15)18)16-9-12/h2-6,12-13,16H,7-10H2,1H3,(H2,15,18)/t12-,13+/m1/s1. The monoisotopic (exact) mass is 263 g/mol. The van der Waals surface area contributed by atoms with Crippen molar-refractivity contribution in [2.45, 2.75) is 31.5 Å². The summed E-state index contributed by atoms with van der Waals surface area (Å²) in [6, 6.07) is 10.1. The molecule has 5 heteroatoms. The van der Waals surface area contributed by atoms with E-state index in [-0.39, 0.29) is 18.0 Å². The number of hydrogen-bond acceptors (Lipinski definition) is 4. The van der Waals surface area contributed by atoms with Crippen LogP contribution in [-0.2, 0) is 16.2 Å². The predicted octanol–water partition coefficient (Wildman–Crippen LogP) is 0.656. The Morgan fingerprint density at radius 1 is 1.42 bits per heavy atom. The summed E-state index contributed by atoms with van der Waals surface area (Å²) in [5, 5.41) is 5.02. The molecule has 19 heavy (non-hydrogen) atoms. The first-order chi connectivity index (χ1) is 9.16. The number of nitrogens with two attached hydrogens (primary N) is 1. The minimum absolute atomic E-state index is 0.196. The number of hydrogen-bond donors (Lipinski definition) is 2. The van der Waals surface area contributed by atoms with Gasteiger partial charge in [-0.25, -0.2) is 0 Å². The van der Waals surface area contributed by atoms with Gasteiger partial charge < -0.3 is 11.1 Å². The average Bonchev–Trinajstić information content (AvgIpc) is 2.46. The number of likely N-dealkylation sites (N-methyl/N-ethyl adjacent to an activating group) is 1. The van der Waals surface area contributed by atoms with Crippen molar-refractivity contribution in [2.24, 2.45) is 5.73 Å². The van der Waals surface area contributed by atoms with E-state index in [1.807, 2.05) is 42.4 Å². The number of nitrogens with zero attached hydrogens (tertiary/aromatic N) is 1. The molecular weight excluding hydrogens is 242 g/mol. The highest BCUT2D eigenvalue weighted by Crippen LogP contribution is 2.14. The zero-order valence-corrected chi connectivity index (χ0v) is 11.2. The summed E-state index contributed by atoms with van der Waals surface area (Å²) in [6.45, 7) is 1.28. The van der Waals surface area contributed by atoms with Crippen molar-refractivity contribution in [2.75, 3.05) is 13.6 Å². The highest BCUT2D eigenvalue weighted by atomic mass is 16.7. The quantitative estimate of drug-likeness (QED) is 0.766. The number of carbonyl (C=O) groups excluding carboxylic acids is 1. The van der Waals surface area contributed by atoms with Crippen LogP contribution in [0.15, 0.2) is 30.3 Å². The van der Waals surface area contributed by atoms with Gasteiger partial charge in [-0.2, -0.15) is 5.06 Å². The van der Waals surface area contributed by atoms with Crippen LogP contribution in [0, 0.1) is 0 Å². The topological polar surface area (TPSA) is 67.6 Å². The number of benzene rings is 1. The molecule has 5 nitrogen and oxygen atoms in total. The Balaban J connectivity index is 1.75. The average molecular weight is 263 g/mol. The molecule has 2 rings (SSSR count). The molecule has 1 aliphatic heterocycles. The van der Waals surface area contributed by atoms with Crippen molar-refractivity contribution in [3.8, 4) is 0 Å². The van der Waals surface area contributed by atoms with Gasteiger partial charge in [-0.1, -0.05) is 30.3 Å². The summed E-state index contributed by atoms with van der Waals surface area (Å²) in [4.78, 5) is 16.8. The van der Waals surface area contributed by atoms with Crippen molar-refractivity contribution in [3.63, 3.8) is 0 Å². The SMILES string of the molecule is CN(OCc1ccccc1)[C@@H]1CC[C@@H](C(N)=O)NC1. The van der Waals surface area contributed by atoms with E-state index in [4.69, 9.17) is 10.6 Å². The van der Waals surface area contributed by atoms with Gasteiger partial charge in [-0.05, 0) is 18.4 Å². The summed E-state index contributed by atoms with van der Waals surface area (Å²) in [7, 11) is 1.93. The third-order valence-corrected chi connectivity index (χ3v) is 3.52. The summed E-state index contributed by atoms with van der Waals surface area (Å²) >= 11 is 0. The summed E-state index contributed by atoms with van der Waals surface area (Å²) in [5.74, 6) is -0.272. The molecule has 0 aromatic heterocycles. The van der Waals surface area contributed by atoms with Gasteiger partial charge >= 0.3 is 0 Å². The Bertz CT molecular complexity index is 402. The molecule has 0 aliphatic carbocycles. The van der Waals surface area contributed by atoms with E-state index in [1.54, 1.807) is 0 Å². The Morgan fingerprint density at radius 3 is 2.74 bits per heavy atom. The van der Waals surface area contributed by atoms with Crippen LogP contribution in [0.25, 0.3) is 0 Å². The van der Waals surface area contributed by atoms with Gasteiger partial charge in [-0.15, -0.1) is 0 Å². The fourth-order valence-corrected chi connectivity index (χ4v) is 2.25. The molecule has 1 heterocycles. The number of rotatable bonds is 5. The van der Waals surface area contributed by atoms with Crippen LogP contribution in [0.5, 0.6) is 0 Å². The molecule has 0 bridgehead atoms. The number of amides is 1. The molecular formula is C14H21N3O2. The van der Waals surface area contributed by atoms with Gasteiger partial charge in [-0.3, -0.25) is 9.63 Å². The lowest BCUT2D eigenvalue weighted by Gasteiger charge is -2.33. The number of hydroxylamine groups is 2. The summed E-state index contributed by atoms with van der Waals surface area (Å²) < 4.78 is 0. The maximum Gasteiger partial charge on any atom is 0.234 e. The molecule has 0 spiro atoms. The van der Waals surface area contributed by atoms with Gasteiger partial charge in [0.1, 0.15) is 0 Å². The van der Waals surface area contributed by atoms with E-state index in [2.05, 4.69) is 5.32 Å². The van der Waals surface area contributed by atoms with Gasteiger partial charge in [0.15, 0.2) is 0 Å². The van der Waals surface area contributed by atoms with Crippen molar-refractivity contribution in [3.05, 3.63) is 35.9 Å². The van der Waals surface area contributed by atoms with E-state index >= 15 is 0 Å². The first-order valence-electron chi connectivity index (χ1n) is 6.59. The molecule has 0 unspecified atom stereocenters. The molecule has 3 N–H and O–H groups in total. The lowest BCUT2D eigenvalue weighted by Crippen LogP contribution is -2.52. The second-order valence-corrected chi connectivity index (χ2v) is 4.90. The number of carbonyl (C=O) groups is 1. The van der Waals surface area contributed by atoms with Crippen LogP contribution in [0.4, 0.5) is 0 Å². The van der Waals surface area contributed by atoms with Crippen LogP contribution < -0.4 is 11.1 Å². The van der Waals surface area contributed by atoms with E-state index < -0.39 is 0 Å². The maximum absolute atomic E-state index is 11.1. The molecule has 0 radical (unpaired) electrons. The minimum atomic E-state index is -0.272. The molecule has 1 aliphatic rings. The lowest BCUT2D eigenvalue weighted by atomic mass is 10.0. The molecule has 1 aromatic carbocycles. The summed E-state index contributed by atoms with van der Waals surface area (Å²) in [5.41, 5.74) is 6.42. The van der Waals surface area contributed by atoms with Gasteiger partial charge in [0, 0.05) is 19.6 Å². The number of nitrogens with one attached hydrogen (secondary N) is 1. The molecule has 2 atom stereocenters. The van der Waals surface area contributed by atoms with E-state index in [0.717, 1.165) is 24.9 Å². The van der Waals surface area contributed by atoms with E-state index in [0.29, 0.717) is 6.61 Å². The molecule has 104 valence electrons. The number of primary amides is 1. The highest BCUT2D eigenvalue weighted by molar-refractivity contribution is 5.79. The van der Waals surface area contributed by atoms with Crippen LogP contribution in [-0.4, -0.2) is 36.6 Å². The van der Waals surface area contributed by atoms with Crippen LogP contribution >= 0.6 is 0 Å². The van der Waals surface area contributed by atoms with Crippen molar-refractivity contribution < 1.29 is 9.63 Å². The second-order valence-electron chi connectivity index (χ2n) is 4.90. The molecule has 1 aromatic rings. The lowest BCUT2D eigenvalue weighted by molar-refractivity contribution is -0.182. The van der Waals surface area contributed by atoms with Gasteiger partial charge in [0.05, 0.1) is 12.6 Å². The predicted molar refractivity (Wildman–Crippen MR) is 73.0 cm³/mol. The second kappa shape index (κ2) is 6.65. The van der Waals surface area contributed by atoms with E-state index in [1.165, 1.54) is 0 Å². The zero-order valence-electron chi connectivity index (χ0n) is 11.2. The first kappa shape index (κ1) is 14.0. The Morgan fingerprint density at radius 2 is 2.16 bits per heavy atom. The Labute approximate surface area is 113 Å². The van der Waals surface area contributed by atoms with Crippen molar-refractivity contribution in [1.82, 2.24) is 10.4 Å². The first-order valence-corrected chi connectivity index (χ1v) is 6.59. The molecule has 1 fully saturated rings. The molecule has 1 saturated heterocycles.